The standard InChI is InChI=1S/C2H5O3S/c1-6(4,5)2-3/h3H,1-2H2. The zero-order valence-electron chi connectivity index (χ0n) is 3.09. The molecule has 0 aliphatic heterocycles. The average molecular weight is 109 g/mol. The molecule has 37 valence electrons. The second-order valence-electron chi connectivity index (χ2n) is 0.873. The van der Waals surface area contributed by atoms with Gasteiger partial charge >= 0.3 is 0 Å². The van der Waals surface area contributed by atoms with Crippen LogP contribution in [0.2, 0.25) is 0 Å². The Balaban J connectivity index is 3.85. The lowest BCUT2D eigenvalue weighted by Gasteiger charge is -1.80. The molecule has 0 saturated carbocycles. The Morgan fingerprint density at radius 3 is 1.83 bits per heavy atom. The fourth-order valence-corrected chi connectivity index (χ4v) is 0. The Hall–Kier alpha value is -0.0900. The van der Waals surface area contributed by atoms with E-state index in [-0.39, 0.29) is 0 Å². The highest BCUT2D eigenvalue weighted by molar-refractivity contribution is 7.92. The number of hydrogen-bond donors (Lipinski definition) is 1. The number of aliphatic hydroxyl groups excluding tert-OH is 1. The maximum absolute atomic E-state index is 9.64. The van der Waals surface area contributed by atoms with Crippen LogP contribution < -0.4 is 0 Å². The lowest BCUT2D eigenvalue weighted by atomic mass is 11.7. The van der Waals surface area contributed by atoms with Gasteiger partial charge in [0.25, 0.3) is 0 Å². The molecule has 0 bridgehead atoms. The highest BCUT2D eigenvalue weighted by atomic mass is 32.2. The molecule has 1 radical (unpaired) electrons. The fourth-order valence-electron chi connectivity index (χ4n) is 0. The first kappa shape index (κ1) is 5.91. The maximum atomic E-state index is 9.64. The van der Waals surface area contributed by atoms with Crippen LogP contribution in [0.25, 0.3) is 0 Å². The molecule has 1 N–H and O–H groups in total. The predicted molar refractivity (Wildman–Crippen MR) is 21.4 cm³/mol. The van der Waals surface area contributed by atoms with Crippen molar-refractivity contribution in [2.24, 2.45) is 0 Å². The Labute approximate surface area is 36.5 Å². The molecule has 6 heavy (non-hydrogen) atoms. The van der Waals surface area contributed by atoms with Crippen LogP contribution >= 0.6 is 0 Å². The molecule has 0 spiro atoms. The van der Waals surface area contributed by atoms with Gasteiger partial charge in [-0.2, -0.15) is 0 Å². The SMILES string of the molecule is [CH2]S(=O)(=O)CO. The van der Waals surface area contributed by atoms with E-state index in [1.807, 2.05) is 0 Å². The quantitative estimate of drug-likeness (QED) is 0.477. The van der Waals surface area contributed by atoms with Gasteiger partial charge in [0.15, 0.2) is 9.84 Å². The molecule has 0 aliphatic carbocycles. The van der Waals surface area contributed by atoms with Crippen LogP contribution in [0.5, 0.6) is 0 Å². The minimum atomic E-state index is -3.36. The molecule has 0 atom stereocenters. The van der Waals surface area contributed by atoms with Crippen LogP contribution in [-0.4, -0.2) is 19.5 Å². The summed E-state index contributed by atoms with van der Waals surface area (Å²) in [7, 11) is -3.36. The molecule has 0 amide bonds. The Bertz CT molecular complexity index is 111. The van der Waals surface area contributed by atoms with Gasteiger partial charge in [-0.15, -0.1) is 0 Å². The summed E-state index contributed by atoms with van der Waals surface area (Å²) in [5.41, 5.74) is 0. The molecule has 0 saturated heterocycles. The number of aliphatic hydroxyl groups is 1. The molecule has 0 fully saturated rings. The van der Waals surface area contributed by atoms with E-state index in [4.69, 9.17) is 5.11 Å². The summed E-state index contributed by atoms with van der Waals surface area (Å²) in [6.45, 7) is 0. The normalized spacial score (nSPS) is 11.7. The Kier molecular flexibility index (Phi) is 1.55. The maximum Gasteiger partial charge on any atom is 0.174 e. The lowest BCUT2D eigenvalue weighted by molar-refractivity contribution is 0.360. The van der Waals surface area contributed by atoms with E-state index in [2.05, 4.69) is 6.26 Å². The third kappa shape index (κ3) is 3.91. The fraction of sp³-hybridized carbons (Fsp3) is 0.500. The molecule has 0 aliphatic rings. The molecular weight excluding hydrogens is 104 g/mol. The van der Waals surface area contributed by atoms with Crippen molar-refractivity contribution >= 4 is 9.84 Å². The van der Waals surface area contributed by atoms with Crippen LogP contribution in [0.4, 0.5) is 0 Å². The van der Waals surface area contributed by atoms with Gasteiger partial charge in [-0.3, -0.25) is 0 Å². The number of hydrogen-bond acceptors (Lipinski definition) is 3. The van der Waals surface area contributed by atoms with E-state index >= 15 is 0 Å². The molecule has 0 unspecified atom stereocenters. The molecule has 0 rings (SSSR count). The lowest BCUT2D eigenvalue weighted by Crippen LogP contribution is -1.96. The van der Waals surface area contributed by atoms with Crippen LogP contribution in [0.3, 0.4) is 0 Å². The van der Waals surface area contributed by atoms with Crippen molar-refractivity contribution < 1.29 is 13.5 Å². The topological polar surface area (TPSA) is 54.4 Å². The third-order valence-electron chi connectivity index (χ3n) is 0.197. The van der Waals surface area contributed by atoms with Crippen molar-refractivity contribution in [3.63, 3.8) is 0 Å². The minimum Gasteiger partial charge on any atom is -0.380 e. The largest absolute Gasteiger partial charge is 0.380 e. The average Bonchev–Trinajstić information content (AvgIpc) is 1.35. The Morgan fingerprint density at radius 1 is 1.67 bits per heavy atom. The summed E-state index contributed by atoms with van der Waals surface area (Å²) in [6.07, 6.45) is 2.61. The van der Waals surface area contributed by atoms with Gasteiger partial charge < -0.3 is 5.11 Å². The summed E-state index contributed by atoms with van der Waals surface area (Å²) in [6, 6.07) is 0. The summed E-state index contributed by atoms with van der Waals surface area (Å²) >= 11 is 0. The zero-order valence-corrected chi connectivity index (χ0v) is 3.90. The van der Waals surface area contributed by atoms with E-state index in [9.17, 15) is 8.42 Å². The van der Waals surface area contributed by atoms with Gasteiger partial charge in [0.1, 0.15) is 5.94 Å². The second-order valence-corrected chi connectivity index (χ2v) is 2.62. The predicted octanol–water partition coefficient (Wildman–Crippen LogP) is -0.857. The van der Waals surface area contributed by atoms with Gasteiger partial charge in [0, 0.05) is 0 Å². The van der Waals surface area contributed by atoms with Crippen molar-refractivity contribution in [2.75, 3.05) is 5.94 Å². The highest BCUT2D eigenvalue weighted by Crippen LogP contribution is 1.76. The van der Waals surface area contributed by atoms with Gasteiger partial charge in [-0.05, 0) is 0 Å². The molecule has 0 heterocycles. The monoisotopic (exact) mass is 109 g/mol. The van der Waals surface area contributed by atoms with E-state index in [1.165, 1.54) is 0 Å². The van der Waals surface area contributed by atoms with E-state index in [0.717, 1.165) is 0 Å². The van der Waals surface area contributed by atoms with Crippen LogP contribution in [0, 0.1) is 6.26 Å². The van der Waals surface area contributed by atoms with Gasteiger partial charge in [-0.1, -0.05) is 0 Å². The summed E-state index contributed by atoms with van der Waals surface area (Å²) in [4.78, 5) is 0. The summed E-state index contributed by atoms with van der Waals surface area (Å²) < 4.78 is 19.3. The van der Waals surface area contributed by atoms with Crippen molar-refractivity contribution in [3.8, 4) is 0 Å². The third-order valence-corrected chi connectivity index (χ3v) is 0.590. The molecule has 0 aromatic heterocycles. The zero-order chi connectivity index (χ0) is 5.21. The van der Waals surface area contributed by atoms with Gasteiger partial charge in [0.05, 0.1) is 6.26 Å². The number of sulfone groups is 1. The molecule has 4 heteroatoms. The first-order valence-corrected chi connectivity index (χ1v) is 3.05. The first-order chi connectivity index (χ1) is 2.56. The van der Waals surface area contributed by atoms with E-state index < -0.39 is 15.8 Å². The van der Waals surface area contributed by atoms with Gasteiger partial charge in [-0.25, -0.2) is 8.42 Å². The molecular formula is C2H5O3S. The van der Waals surface area contributed by atoms with Crippen molar-refractivity contribution in [2.45, 2.75) is 0 Å². The van der Waals surface area contributed by atoms with Crippen LogP contribution in [0.1, 0.15) is 0 Å². The molecule has 0 aromatic rings. The first-order valence-electron chi connectivity index (χ1n) is 1.23. The van der Waals surface area contributed by atoms with E-state index in [1.54, 1.807) is 0 Å². The van der Waals surface area contributed by atoms with Crippen molar-refractivity contribution in [3.05, 3.63) is 6.26 Å². The Morgan fingerprint density at radius 2 is 1.83 bits per heavy atom. The van der Waals surface area contributed by atoms with Crippen molar-refractivity contribution in [1.82, 2.24) is 0 Å². The summed E-state index contributed by atoms with van der Waals surface area (Å²) in [5.74, 6) is -0.868. The van der Waals surface area contributed by atoms with Crippen LogP contribution in [0.15, 0.2) is 0 Å². The number of rotatable bonds is 1. The molecule has 0 aromatic carbocycles. The van der Waals surface area contributed by atoms with Gasteiger partial charge in [0.2, 0.25) is 0 Å². The van der Waals surface area contributed by atoms with E-state index in [0.29, 0.717) is 0 Å². The minimum absolute atomic E-state index is 0.868. The second kappa shape index (κ2) is 1.57. The highest BCUT2D eigenvalue weighted by Gasteiger charge is 1.92. The van der Waals surface area contributed by atoms with Crippen LogP contribution in [-0.2, 0) is 9.84 Å². The summed E-state index contributed by atoms with van der Waals surface area (Å²) in [5, 5.41) is 7.75. The van der Waals surface area contributed by atoms with Crippen molar-refractivity contribution in [1.29, 1.82) is 0 Å². The smallest absolute Gasteiger partial charge is 0.174 e. The molecule has 3 nitrogen and oxygen atoms in total.